The summed E-state index contributed by atoms with van der Waals surface area (Å²) < 4.78 is 1.09. The van der Waals surface area contributed by atoms with Gasteiger partial charge in [0.25, 0.3) is 0 Å². The Morgan fingerprint density at radius 2 is 2.20 bits per heavy atom. The van der Waals surface area contributed by atoms with Crippen molar-refractivity contribution in [1.82, 2.24) is 9.80 Å². The monoisotopic (exact) mass is 360 g/mol. The van der Waals surface area contributed by atoms with Crippen LogP contribution in [0.3, 0.4) is 0 Å². The minimum absolute atomic E-state index is 0.134. The van der Waals surface area contributed by atoms with Gasteiger partial charge in [0, 0.05) is 24.5 Å². The smallest absolute Gasteiger partial charge is 0.237 e. The van der Waals surface area contributed by atoms with E-state index in [1.165, 1.54) is 4.88 Å². The molecule has 1 aromatic rings. The van der Waals surface area contributed by atoms with Gasteiger partial charge in [0.15, 0.2) is 0 Å². The number of likely N-dealkylation sites (N-methyl/N-ethyl adjacent to an activating group) is 1. The van der Waals surface area contributed by atoms with Gasteiger partial charge in [0.05, 0.1) is 22.5 Å². The van der Waals surface area contributed by atoms with Crippen LogP contribution in [0.4, 0.5) is 0 Å². The molecule has 20 heavy (non-hydrogen) atoms. The molecule has 1 fully saturated rings. The maximum Gasteiger partial charge on any atom is 0.237 e. The Kier molecular flexibility index (Phi) is 5.23. The first kappa shape index (κ1) is 15.9. The van der Waals surface area contributed by atoms with Crippen LogP contribution in [0.15, 0.2) is 15.9 Å². The number of likely N-dealkylation sites (tertiary alicyclic amines) is 1. The number of carbonyl (C=O) groups is 1. The summed E-state index contributed by atoms with van der Waals surface area (Å²) in [5.74, 6) is 0.134. The lowest BCUT2D eigenvalue weighted by molar-refractivity contribution is -0.142. The molecule has 0 aliphatic carbocycles. The number of carbonyl (C=O) groups excluding carboxylic acids is 1. The summed E-state index contributed by atoms with van der Waals surface area (Å²) in [5.41, 5.74) is -0.573. The first-order valence-corrected chi connectivity index (χ1v) is 8.53. The highest BCUT2D eigenvalue weighted by molar-refractivity contribution is 9.11. The fourth-order valence-electron chi connectivity index (χ4n) is 2.41. The number of amides is 1. The lowest BCUT2D eigenvalue weighted by Crippen LogP contribution is -2.63. The third-order valence-corrected chi connectivity index (χ3v) is 5.37. The summed E-state index contributed by atoms with van der Waals surface area (Å²) in [4.78, 5) is 17.3. The second-order valence-corrected chi connectivity index (χ2v) is 7.88. The second kappa shape index (κ2) is 6.56. The van der Waals surface area contributed by atoms with E-state index >= 15 is 0 Å². The predicted molar refractivity (Wildman–Crippen MR) is 84.8 cm³/mol. The molecular weight excluding hydrogens is 340 g/mol. The number of thiophene rings is 1. The molecule has 0 unspecified atom stereocenters. The van der Waals surface area contributed by atoms with E-state index in [0.29, 0.717) is 32.7 Å². The molecule has 0 spiro atoms. The molecule has 2 rings (SSSR count). The molecule has 112 valence electrons. The zero-order chi connectivity index (χ0) is 14.8. The standard InChI is InChI=1S/C14H21BrN2O2S/c1-3-14(19)9-16(10-14)8-13(18)17(4-2)7-11-5-6-12(15)20-11/h5-6,19H,3-4,7-10H2,1-2H3. The maximum absolute atomic E-state index is 12.3. The van der Waals surface area contributed by atoms with E-state index < -0.39 is 5.60 Å². The summed E-state index contributed by atoms with van der Waals surface area (Å²) in [6.07, 6.45) is 0.748. The first-order chi connectivity index (χ1) is 9.45. The average Bonchev–Trinajstić information content (AvgIpc) is 2.79. The van der Waals surface area contributed by atoms with E-state index in [1.807, 2.05) is 35.8 Å². The van der Waals surface area contributed by atoms with Crippen LogP contribution in [0.5, 0.6) is 0 Å². The normalized spacial score (nSPS) is 17.8. The molecule has 1 N–H and O–H groups in total. The number of β-amino-alcohol motifs (C(OH)–C–C–N with tert-alkyl or cyclic N) is 1. The van der Waals surface area contributed by atoms with Gasteiger partial charge in [-0.15, -0.1) is 11.3 Å². The zero-order valence-corrected chi connectivity index (χ0v) is 14.3. The van der Waals surface area contributed by atoms with Crippen molar-refractivity contribution in [3.8, 4) is 0 Å². The average molecular weight is 361 g/mol. The maximum atomic E-state index is 12.3. The minimum Gasteiger partial charge on any atom is -0.387 e. The molecule has 1 aromatic heterocycles. The van der Waals surface area contributed by atoms with E-state index in [0.717, 1.165) is 10.2 Å². The Morgan fingerprint density at radius 1 is 1.50 bits per heavy atom. The summed E-state index contributed by atoms with van der Waals surface area (Å²) in [6.45, 7) is 6.97. The summed E-state index contributed by atoms with van der Waals surface area (Å²) in [7, 11) is 0. The Morgan fingerprint density at radius 3 is 2.70 bits per heavy atom. The van der Waals surface area contributed by atoms with Crippen LogP contribution in [0, 0.1) is 0 Å². The SMILES string of the molecule is CCN(Cc1ccc(Br)s1)C(=O)CN1CC(O)(CC)C1. The highest BCUT2D eigenvalue weighted by Crippen LogP contribution is 2.25. The number of nitrogens with zero attached hydrogens (tertiary/aromatic N) is 2. The highest BCUT2D eigenvalue weighted by Gasteiger charge is 2.40. The molecule has 0 bridgehead atoms. The Hall–Kier alpha value is -0.430. The molecule has 0 atom stereocenters. The van der Waals surface area contributed by atoms with E-state index in [2.05, 4.69) is 15.9 Å². The van der Waals surface area contributed by atoms with Crippen molar-refractivity contribution in [2.45, 2.75) is 32.4 Å². The molecule has 1 aliphatic rings. The second-order valence-electron chi connectivity index (χ2n) is 5.34. The molecule has 4 nitrogen and oxygen atoms in total. The molecule has 6 heteroatoms. The quantitative estimate of drug-likeness (QED) is 0.846. The summed E-state index contributed by atoms with van der Waals surface area (Å²) in [5, 5.41) is 9.97. The first-order valence-electron chi connectivity index (χ1n) is 6.92. The van der Waals surface area contributed by atoms with E-state index in [-0.39, 0.29) is 5.91 Å². The van der Waals surface area contributed by atoms with Crippen LogP contribution in [0.25, 0.3) is 0 Å². The van der Waals surface area contributed by atoms with Crippen molar-refractivity contribution in [2.75, 3.05) is 26.2 Å². The van der Waals surface area contributed by atoms with Crippen LogP contribution < -0.4 is 0 Å². The lowest BCUT2D eigenvalue weighted by Gasteiger charge is -2.46. The van der Waals surface area contributed by atoms with Gasteiger partial charge in [-0.25, -0.2) is 0 Å². The molecular formula is C14H21BrN2O2S. The number of hydrogen-bond donors (Lipinski definition) is 1. The van der Waals surface area contributed by atoms with Gasteiger partial charge in [-0.3, -0.25) is 9.69 Å². The third-order valence-electron chi connectivity index (χ3n) is 3.76. The van der Waals surface area contributed by atoms with E-state index in [4.69, 9.17) is 0 Å². The van der Waals surface area contributed by atoms with Crippen LogP contribution in [0.1, 0.15) is 25.1 Å². The van der Waals surface area contributed by atoms with Crippen LogP contribution in [-0.2, 0) is 11.3 Å². The number of aliphatic hydroxyl groups is 1. The van der Waals surface area contributed by atoms with E-state index in [9.17, 15) is 9.90 Å². The van der Waals surface area contributed by atoms with Crippen molar-refractivity contribution in [3.05, 3.63) is 20.8 Å². The van der Waals surface area contributed by atoms with Crippen molar-refractivity contribution in [1.29, 1.82) is 0 Å². The van der Waals surface area contributed by atoms with Crippen molar-refractivity contribution < 1.29 is 9.90 Å². The molecule has 0 radical (unpaired) electrons. The Balaban J connectivity index is 1.84. The van der Waals surface area contributed by atoms with Crippen molar-refractivity contribution in [3.63, 3.8) is 0 Å². The van der Waals surface area contributed by atoms with Crippen LogP contribution >= 0.6 is 27.3 Å². The molecule has 1 aliphatic heterocycles. The van der Waals surface area contributed by atoms with Crippen molar-refractivity contribution >= 4 is 33.2 Å². The van der Waals surface area contributed by atoms with Gasteiger partial charge in [-0.2, -0.15) is 0 Å². The van der Waals surface area contributed by atoms with Crippen LogP contribution in [0.2, 0.25) is 0 Å². The Bertz CT molecular complexity index is 471. The summed E-state index contributed by atoms with van der Waals surface area (Å²) in [6, 6.07) is 4.05. The van der Waals surface area contributed by atoms with Gasteiger partial charge >= 0.3 is 0 Å². The Labute approximate surface area is 132 Å². The van der Waals surface area contributed by atoms with Crippen molar-refractivity contribution in [2.24, 2.45) is 0 Å². The number of hydrogen-bond acceptors (Lipinski definition) is 4. The topological polar surface area (TPSA) is 43.8 Å². The number of halogens is 1. The fraction of sp³-hybridized carbons (Fsp3) is 0.643. The summed E-state index contributed by atoms with van der Waals surface area (Å²) >= 11 is 5.10. The molecule has 2 heterocycles. The lowest BCUT2D eigenvalue weighted by atomic mass is 9.91. The fourth-order valence-corrected chi connectivity index (χ4v) is 3.91. The minimum atomic E-state index is -0.573. The van der Waals surface area contributed by atoms with E-state index in [1.54, 1.807) is 11.3 Å². The molecule has 1 saturated heterocycles. The van der Waals surface area contributed by atoms with Gasteiger partial charge in [-0.1, -0.05) is 6.92 Å². The van der Waals surface area contributed by atoms with Gasteiger partial charge in [0.2, 0.25) is 5.91 Å². The molecule has 1 amide bonds. The largest absolute Gasteiger partial charge is 0.387 e. The molecule has 0 saturated carbocycles. The van der Waals surface area contributed by atoms with Gasteiger partial charge < -0.3 is 10.0 Å². The van der Waals surface area contributed by atoms with Gasteiger partial charge in [-0.05, 0) is 41.4 Å². The number of rotatable bonds is 6. The molecule has 0 aromatic carbocycles. The highest BCUT2D eigenvalue weighted by atomic mass is 79.9. The van der Waals surface area contributed by atoms with Crippen LogP contribution in [-0.4, -0.2) is 52.6 Å². The zero-order valence-electron chi connectivity index (χ0n) is 11.9. The van der Waals surface area contributed by atoms with Gasteiger partial charge in [0.1, 0.15) is 0 Å². The predicted octanol–water partition coefficient (Wildman–Crippen LogP) is 2.32. The third kappa shape index (κ3) is 3.81.